The van der Waals surface area contributed by atoms with Crippen LogP contribution in [0, 0.1) is 6.92 Å². The lowest BCUT2D eigenvalue weighted by molar-refractivity contribution is -0.138. The summed E-state index contributed by atoms with van der Waals surface area (Å²) in [5.41, 5.74) is -0.348. The molecule has 1 aromatic carbocycles. The van der Waals surface area contributed by atoms with Gasteiger partial charge in [0.25, 0.3) is 0 Å². The SMILES string of the molecule is Cc1ccc(S(=O)(=O)NCc2ccc(N3CCCCC3)nc2)cc1C(F)(F)F. The lowest BCUT2D eigenvalue weighted by Gasteiger charge is -2.27. The molecule has 1 aliphatic rings. The van der Waals surface area contributed by atoms with E-state index in [0.717, 1.165) is 37.8 Å². The van der Waals surface area contributed by atoms with Crippen molar-refractivity contribution >= 4 is 15.8 Å². The van der Waals surface area contributed by atoms with Crippen molar-refractivity contribution in [1.29, 1.82) is 0 Å². The number of aromatic nitrogens is 1. The Hall–Kier alpha value is -2.13. The number of piperidine rings is 1. The molecule has 0 spiro atoms. The van der Waals surface area contributed by atoms with Crippen LogP contribution in [0.2, 0.25) is 0 Å². The van der Waals surface area contributed by atoms with Crippen molar-refractivity contribution in [3.8, 4) is 0 Å². The summed E-state index contributed by atoms with van der Waals surface area (Å²) < 4.78 is 66.2. The molecule has 2 heterocycles. The number of anilines is 1. The zero-order valence-corrected chi connectivity index (χ0v) is 16.3. The lowest BCUT2D eigenvalue weighted by atomic mass is 10.1. The van der Waals surface area contributed by atoms with Crippen LogP contribution in [0.5, 0.6) is 0 Å². The van der Waals surface area contributed by atoms with Crippen molar-refractivity contribution in [2.24, 2.45) is 0 Å². The number of hydrogen-bond donors (Lipinski definition) is 1. The largest absolute Gasteiger partial charge is 0.416 e. The number of sulfonamides is 1. The van der Waals surface area contributed by atoms with E-state index in [1.54, 1.807) is 12.3 Å². The summed E-state index contributed by atoms with van der Waals surface area (Å²) in [5, 5.41) is 0. The third-order valence-electron chi connectivity index (χ3n) is 4.78. The monoisotopic (exact) mass is 413 g/mol. The van der Waals surface area contributed by atoms with E-state index in [1.807, 2.05) is 6.07 Å². The Morgan fingerprint density at radius 1 is 1.11 bits per heavy atom. The number of aryl methyl sites for hydroxylation is 1. The predicted octanol–water partition coefficient (Wildman–Crippen LogP) is 3.88. The number of alkyl halides is 3. The second-order valence-electron chi connectivity index (χ2n) is 6.87. The van der Waals surface area contributed by atoms with E-state index in [9.17, 15) is 21.6 Å². The van der Waals surface area contributed by atoms with Gasteiger partial charge in [0.05, 0.1) is 10.5 Å². The van der Waals surface area contributed by atoms with Gasteiger partial charge in [0.1, 0.15) is 5.82 Å². The van der Waals surface area contributed by atoms with Gasteiger partial charge in [-0.25, -0.2) is 18.1 Å². The van der Waals surface area contributed by atoms with E-state index in [1.165, 1.54) is 19.4 Å². The maximum Gasteiger partial charge on any atom is 0.416 e. The summed E-state index contributed by atoms with van der Waals surface area (Å²) in [5.74, 6) is 0.847. The van der Waals surface area contributed by atoms with E-state index in [2.05, 4.69) is 14.6 Å². The highest BCUT2D eigenvalue weighted by atomic mass is 32.2. The number of hydrogen-bond acceptors (Lipinski definition) is 4. The van der Waals surface area contributed by atoms with Gasteiger partial charge < -0.3 is 4.90 Å². The minimum absolute atomic E-state index is 0.0241. The van der Waals surface area contributed by atoms with Crippen LogP contribution in [0.15, 0.2) is 41.4 Å². The first-order valence-corrected chi connectivity index (χ1v) is 10.5. The zero-order valence-electron chi connectivity index (χ0n) is 15.5. The van der Waals surface area contributed by atoms with Crippen LogP contribution < -0.4 is 9.62 Å². The lowest BCUT2D eigenvalue weighted by Crippen LogP contribution is -2.30. The smallest absolute Gasteiger partial charge is 0.357 e. The molecule has 0 saturated carbocycles. The Labute approximate surface area is 162 Å². The highest BCUT2D eigenvalue weighted by Gasteiger charge is 2.33. The van der Waals surface area contributed by atoms with Gasteiger partial charge in [0, 0.05) is 25.8 Å². The topological polar surface area (TPSA) is 62.3 Å². The number of nitrogens with zero attached hydrogens (tertiary/aromatic N) is 2. The Bertz CT molecular complexity index is 922. The van der Waals surface area contributed by atoms with Crippen LogP contribution in [0.4, 0.5) is 19.0 Å². The summed E-state index contributed by atoms with van der Waals surface area (Å²) in [6.07, 6.45) is 0.442. The number of rotatable bonds is 5. The van der Waals surface area contributed by atoms with E-state index in [4.69, 9.17) is 0 Å². The summed E-state index contributed by atoms with van der Waals surface area (Å²) in [6, 6.07) is 6.60. The second kappa shape index (κ2) is 8.08. The van der Waals surface area contributed by atoms with Crippen molar-refractivity contribution in [3.05, 3.63) is 53.2 Å². The molecule has 0 unspecified atom stereocenters. The maximum absolute atomic E-state index is 13.0. The van der Waals surface area contributed by atoms with E-state index in [0.29, 0.717) is 11.6 Å². The third-order valence-corrected chi connectivity index (χ3v) is 6.18. The quantitative estimate of drug-likeness (QED) is 0.808. The molecule has 0 atom stereocenters. The van der Waals surface area contributed by atoms with Crippen molar-refractivity contribution in [2.45, 2.75) is 43.8 Å². The molecule has 1 aromatic heterocycles. The van der Waals surface area contributed by atoms with Crippen LogP contribution in [0.1, 0.15) is 36.0 Å². The van der Waals surface area contributed by atoms with Gasteiger partial charge in [0.15, 0.2) is 0 Å². The fraction of sp³-hybridized carbons (Fsp3) is 0.421. The molecule has 0 amide bonds. The molecule has 0 bridgehead atoms. The summed E-state index contributed by atoms with van der Waals surface area (Å²) in [4.78, 5) is 6.15. The molecule has 28 heavy (non-hydrogen) atoms. The van der Waals surface area contributed by atoms with E-state index < -0.39 is 26.7 Å². The third kappa shape index (κ3) is 4.82. The van der Waals surface area contributed by atoms with Gasteiger partial charge in [0.2, 0.25) is 10.0 Å². The van der Waals surface area contributed by atoms with Crippen molar-refractivity contribution < 1.29 is 21.6 Å². The molecular weight excluding hydrogens is 391 g/mol. The van der Waals surface area contributed by atoms with E-state index >= 15 is 0 Å². The summed E-state index contributed by atoms with van der Waals surface area (Å²) in [6.45, 7) is 3.15. The van der Waals surface area contributed by atoms with Crippen LogP contribution in [-0.2, 0) is 22.7 Å². The number of benzene rings is 1. The minimum Gasteiger partial charge on any atom is -0.357 e. The van der Waals surface area contributed by atoms with Crippen LogP contribution >= 0.6 is 0 Å². The van der Waals surface area contributed by atoms with Gasteiger partial charge >= 0.3 is 6.18 Å². The zero-order chi connectivity index (χ0) is 20.4. The average Bonchev–Trinajstić information content (AvgIpc) is 2.67. The van der Waals surface area contributed by atoms with Crippen LogP contribution in [0.3, 0.4) is 0 Å². The van der Waals surface area contributed by atoms with Gasteiger partial charge in [-0.2, -0.15) is 13.2 Å². The van der Waals surface area contributed by atoms with Crippen molar-refractivity contribution in [3.63, 3.8) is 0 Å². The molecular formula is C19H22F3N3O2S. The molecule has 3 rings (SSSR count). The van der Waals surface area contributed by atoms with Crippen molar-refractivity contribution in [1.82, 2.24) is 9.71 Å². The molecule has 1 saturated heterocycles. The number of halogens is 3. The Kier molecular flexibility index (Phi) is 5.95. The predicted molar refractivity (Wildman–Crippen MR) is 101 cm³/mol. The normalized spacial score (nSPS) is 15.6. The molecule has 1 aliphatic heterocycles. The molecule has 1 fully saturated rings. The Morgan fingerprint density at radius 2 is 1.82 bits per heavy atom. The standard InChI is InChI=1S/C19H22F3N3O2S/c1-14-5-7-16(11-17(14)19(20,21)22)28(26,27)24-13-15-6-8-18(23-12-15)25-9-3-2-4-10-25/h5-8,11-12,24H,2-4,9-10,13H2,1H3. The fourth-order valence-electron chi connectivity index (χ4n) is 3.17. The highest BCUT2D eigenvalue weighted by molar-refractivity contribution is 7.89. The molecule has 152 valence electrons. The first-order chi connectivity index (χ1) is 13.2. The van der Waals surface area contributed by atoms with Crippen LogP contribution in [0.25, 0.3) is 0 Å². The fourth-order valence-corrected chi connectivity index (χ4v) is 4.21. The second-order valence-corrected chi connectivity index (χ2v) is 8.64. The molecule has 9 heteroatoms. The molecule has 5 nitrogen and oxygen atoms in total. The number of nitrogens with one attached hydrogen (secondary N) is 1. The van der Waals surface area contributed by atoms with Gasteiger partial charge in [-0.1, -0.05) is 12.1 Å². The van der Waals surface area contributed by atoms with Crippen LogP contribution in [-0.4, -0.2) is 26.5 Å². The molecule has 0 aliphatic carbocycles. The first-order valence-electron chi connectivity index (χ1n) is 9.04. The number of pyridine rings is 1. The summed E-state index contributed by atoms with van der Waals surface area (Å²) >= 11 is 0. The summed E-state index contributed by atoms with van der Waals surface area (Å²) in [7, 11) is -4.08. The average molecular weight is 413 g/mol. The molecule has 0 radical (unpaired) electrons. The molecule has 1 N–H and O–H groups in total. The highest BCUT2D eigenvalue weighted by Crippen LogP contribution is 2.33. The van der Waals surface area contributed by atoms with E-state index in [-0.39, 0.29) is 12.1 Å². The minimum atomic E-state index is -4.61. The van der Waals surface area contributed by atoms with Gasteiger partial charge in [-0.3, -0.25) is 0 Å². The first kappa shape index (κ1) is 20.6. The molecule has 2 aromatic rings. The Balaban J connectivity index is 1.70. The van der Waals surface area contributed by atoms with Gasteiger partial charge in [-0.15, -0.1) is 0 Å². The Morgan fingerprint density at radius 3 is 2.43 bits per heavy atom. The van der Waals surface area contributed by atoms with Crippen molar-refractivity contribution in [2.75, 3.05) is 18.0 Å². The van der Waals surface area contributed by atoms with Gasteiger partial charge in [-0.05, 0) is 55.5 Å². The maximum atomic E-state index is 13.0.